The highest BCUT2D eigenvalue weighted by Crippen LogP contribution is 2.28. The number of nitrogens with zero attached hydrogens (tertiary/aromatic N) is 3. The first kappa shape index (κ1) is 20.0. The first-order chi connectivity index (χ1) is 14.5. The normalized spacial score (nSPS) is 13.2. The molecular weight excluding hydrogens is 381 g/mol. The molecule has 0 radical (unpaired) electrons. The minimum absolute atomic E-state index is 0.0718. The van der Waals surface area contributed by atoms with E-state index >= 15 is 0 Å². The second-order valence-electron chi connectivity index (χ2n) is 7.67. The molecule has 0 bridgehead atoms. The molecule has 1 aliphatic rings. The van der Waals surface area contributed by atoms with Gasteiger partial charge in [0.15, 0.2) is 0 Å². The number of carbonyl (C=O) groups is 1. The van der Waals surface area contributed by atoms with E-state index in [4.69, 9.17) is 0 Å². The quantitative estimate of drug-likeness (QED) is 0.642. The molecule has 0 unspecified atom stereocenters. The minimum atomic E-state index is -0.319. The smallest absolute Gasteiger partial charge is 0.266 e. The first-order valence-electron chi connectivity index (χ1n) is 10.3. The van der Waals surface area contributed by atoms with Crippen LogP contribution in [0.1, 0.15) is 30.4 Å². The van der Waals surface area contributed by atoms with Crippen LogP contribution in [-0.4, -0.2) is 22.2 Å². The number of aryl methyl sites for hydroxylation is 3. The molecule has 3 aromatic rings. The summed E-state index contributed by atoms with van der Waals surface area (Å²) in [6.45, 7) is 3.15. The highest BCUT2D eigenvalue weighted by molar-refractivity contribution is 5.94. The number of hydrogen-bond acceptors (Lipinski definition) is 3. The van der Waals surface area contributed by atoms with E-state index in [9.17, 15) is 14.0 Å². The number of aromatic nitrogens is 2. The van der Waals surface area contributed by atoms with Gasteiger partial charge >= 0.3 is 0 Å². The Bertz CT molecular complexity index is 1120. The lowest BCUT2D eigenvalue weighted by molar-refractivity contribution is -0.118. The van der Waals surface area contributed by atoms with Gasteiger partial charge in [-0.15, -0.1) is 0 Å². The van der Waals surface area contributed by atoms with Crippen LogP contribution in [0, 0.1) is 12.7 Å². The van der Waals surface area contributed by atoms with Crippen molar-refractivity contribution in [2.75, 3.05) is 11.4 Å². The topological polar surface area (TPSA) is 55.2 Å². The maximum Gasteiger partial charge on any atom is 0.266 e. The maximum absolute atomic E-state index is 13.1. The lowest BCUT2D eigenvalue weighted by atomic mass is 9.99. The lowest BCUT2D eigenvalue weighted by Crippen LogP contribution is -2.35. The molecule has 0 atom stereocenters. The summed E-state index contributed by atoms with van der Waals surface area (Å²) in [4.78, 5) is 26.9. The number of amides is 1. The SMILES string of the molecule is Cc1ccc2c(c1)CCCN2C(=O)CCCn1nc(-c2ccc(F)cc2)ccc1=O. The van der Waals surface area contributed by atoms with E-state index in [0.29, 0.717) is 25.1 Å². The molecule has 0 spiro atoms. The largest absolute Gasteiger partial charge is 0.312 e. The number of rotatable bonds is 5. The first-order valence-corrected chi connectivity index (χ1v) is 10.3. The summed E-state index contributed by atoms with van der Waals surface area (Å²) in [6.07, 6.45) is 2.83. The molecule has 0 aliphatic carbocycles. The molecular formula is C24H24FN3O2. The molecule has 5 nitrogen and oxygen atoms in total. The molecule has 4 rings (SSSR count). The van der Waals surface area contributed by atoms with Gasteiger partial charge in [0.25, 0.3) is 5.56 Å². The third-order valence-electron chi connectivity index (χ3n) is 5.42. The Morgan fingerprint density at radius 1 is 1.10 bits per heavy atom. The van der Waals surface area contributed by atoms with Crippen molar-refractivity contribution in [3.63, 3.8) is 0 Å². The molecule has 154 valence electrons. The van der Waals surface area contributed by atoms with Gasteiger partial charge in [-0.05, 0) is 68.1 Å². The zero-order valence-corrected chi connectivity index (χ0v) is 17.0. The number of halogens is 1. The van der Waals surface area contributed by atoms with Gasteiger partial charge in [0.1, 0.15) is 5.82 Å². The summed E-state index contributed by atoms with van der Waals surface area (Å²) >= 11 is 0. The maximum atomic E-state index is 13.1. The van der Waals surface area contributed by atoms with Crippen molar-refractivity contribution in [3.05, 3.63) is 81.9 Å². The molecule has 1 aromatic heterocycles. The van der Waals surface area contributed by atoms with Crippen LogP contribution in [0.5, 0.6) is 0 Å². The van der Waals surface area contributed by atoms with Gasteiger partial charge in [-0.2, -0.15) is 5.10 Å². The molecule has 0 N–H and O–H groups in total. The van der Waals surface area contributed by atoms with E-state index in [-0.39, 0.29) is 17.3 Å². The highest BCUT2D eigenvalue weighted by Gasteiger charge is 2.22. The van der Waals surface area contributed by atoms with Crippen molar-refractivity contribution < 1.29 is 9.18 Å². The van der Waals surface area contributed by atoms with Crippen molar-refractivity contribution in [1.29, 1.82) is 0 Å². The Labute approximate surface area is 174 Å². The van der Waals surface area contributed by atoms with Crippen LogP contribution >= 0.6 is 0 Å². The van der Waals surface area contributed by atoms with E-state index in [1.54, 1.807) is 18.2 Å². The van der Waals surface area contributed by atoms with Crippen LogP contribution in [0.15, 0.2) is 59.4 Å². The van der Waals surface area contributed by atoms with E-state index < -0.39 is 0 Å². The Morgan fingerprint density at radius 2 is 1.90 bits per heavy atom. The predicted molar refractivity (Wildman–Crippen MR) is 115 cm³/mol. The van der Waals surface area contributed by atoms with Gasteiger partial charge in [0.2, 0.25) is 5.91 Å². The van der Waals surface area contributed by atoms with Crippen molar-refractivity contribution >= 4 is 11.6 Å². The standard InChI is InChI=1S/C24H24FN3O2/c1-17-6-12-22-19(16-17)4-2-14-27(22)23(29)5-3-15-28-24(30)13-11-21(26-28)18-7-9-20(25)10-8-18/h6-13,16H,2-5,14-15H2,1H3. The van der Waals surface area contributed by atoms with Crippen molar-refractivity contribution in [1.82, 2.24) is 9.78 Å². The zero-order valence-electron chi connectivity index (χ0n) is 17.0. The molecule has 0 saturated carbocycles. The van der Waals surface area contributed by atoms with Crippen molar-refractivity contribution in [3.8, 4) is 11.3 Å². The number of carbonyl (C=O) groups excluding carboxylic acids is 1. The third kappa shape index (κ3) is 4.32. The molecule has 1 aliphatic heterocycles. The van der Waals surface area contributed by atoms with Crippen LogP contribution < -0.4 is 10.5 Å². The van der Waals surface area contributed by atoms with Gasteiger partial charge in [-0.25, -0.2) is 9.07 Å². The molecule has 0 saturated heterocycles. The lowest BCUT2D eigenvalue weighted by Gasteiger charge is -2.30. The fraction of sp³-hybridized carbons (Fsp3) is 0.292. The fourth-order valence-corrected chi connectivity index (χ4v) is 3.88. The van der Waals surface area contributed by atoms with Gasteiger partial charge in [-0.1, -0.05) is 17.7 Å². The number of hydrogen-bond donors (Lipinski definition) is 0. The summed E-state index contributed by atoms with van der Waals surface area (Å²) in [6, 6.07) is 15.3. The fourth-order valence-electron chi connectivity index (χ4n) is 3.88. The number of anilines is 1. The summed E-state index contributed by atoms with van der Waals surface area (Å²) in [5, 5.41) is 4.38. The van der Waals surface area contributed by atoms with Crippen LogP contribution in [0.3, 0.4) is 0 Å². The van der Waals surface area contributed by atoms with Gasteiger partial charge in [-0.3, -0.25) is 9.59 Å². The Balaban J connectivity index is 1.42. The Kier molecular flexibility index (Phi) is 5.74. The van der Waals surface area contributed by atoms with Gasteiger partial charge in [0.05, 0.1) is 5.69 Å². The molecule has 0 fully saturated rings. The number of fused-ring (bicyclic) bond motifs is 1. The predicted octanol–water partition coefficient (Wildman–Crippen LogP) is 4.12. The molecule has 1 amide bonds. The van der Waals surface area contributed by atoms with E-state index in [1.807, 2.05) is 17.0 Å². The summed E-state index contributed by atoms with van der Waals surface area (Å²) in [7, 11) is 0. The van der Waals surface area contributed by atoms with E-state index in [0.717, 1.165) is 30.6 Å². The minimum Gasteiger partial charge on any atom is -0.312 e. The van der Waals surface area contributed by atoms with Crippen LogP contribution in [-0.2, 0) is 17.8 Å². The molecule has 2 heterocycles. The monoisotopic (exact) mass is 405 g/mol. The molecule has 30 heavy (non-hydrogen) atoms. The van der Waals surface area contributed by atoms with E-state index in [1.165, 1.54) is 34.0 Å². The Hall–Kier alpha value is -3.28. The third-order valence-corrected chi connectivity index (χ3v) is 5.42. The van der Waals surface area contributed by atoms with Crippen LogP contribution in [0.4, 0.5) is 10.1 Å². The summed E-state index contributed by atoms with van der Waals surface area (Å²) < 4.78 is 14.5. The number of benzene rings is 2. The zero-order chi connectivity index (χ0) is 21.1. The second-order valence-corrected chi connectivity index (χ2v) is 7.67. The summed E-state index contributed by atoms with van der Waals surface area (Å²) in [5.41, 5.74) is 4.55. The van der Waals surface area contributed by atoms with Crippen molar-refractivity contribution in [2.45, 2.75) is 39.2 Å². The average Bonchev–Trinajstić information content (AvgIpc) is 2.75. The highest BCUT2D eigenvalue weighted by atomic mass is 19.1. The van der Waals surface area contributed by atoms with Gasteiger partial charge in [0, 0.05) is 36.8 Å². The summed E-state index contributed by atoms with van der Waals surface area (Å²) in [5.74, 6) is -0.248. The van der Waals surface area contributed by atoms with Crippen molar-refractivity contribution in [2.24, 2.45) is 0 Å². The Morgan fingerprint density at radius 3 is 2.70 bits per heavy atom. The molecule has 2 aromatic carbocycles. The van der Waals surface area contributed by atoms with Crippen LogP contribution in [0.25, 0.3) is 11.3 Å². The molecule has 6 heteroatoms. The van der Waals surface area contributed by atoms with Crippen LogP contribution in [0.2, 0.25) is 0 Å². The average molecular weight is 405 g/mol. The van der Waals surface area contributed by atoms with E-state index in [2.05, 4.69) is 18.1 Å². The van der Waals surface area contributed by atoms with Gasteiger partial charge < -0.3 is 4.90 Å². The second kappa shape index (κ2) is 8.61.